The zero-order valence-corrected chi connectivity index (χ0v) is 25.7. The van der Waals surface area contributed by atoms with E-state index in [4.69, 9.17) is 0 Å². The van der Waals surface area contributed by atoms with Crippen molar-refractivity contribution in [3.05, 3.63) is 118 Å². The molecule has 1 aromatic heterocycles. The lowest BCUT2D eigenvalue weighted by molar-refractivity contribution is -0.111. The highest BCUT2D eigenvalue weighted by molar-refractivity contribution is 6.06. The number of nitrogens with zero attached hydrogens (tertiary/aromatic N) is 1. The van der Waals surface area contributed by atoms with E-state index >= 15 is 0 Å². The predicted molar refractivity (Wildman–Crippen MR) is 175 cm³/mol. The van der Waals surface area contributed by atoms with Crippen LogP contribution in [-0.4, -0.2) is 27.5 Å². The minimum Gasteiger partial charge on any atom is -0.478 e. The van der Waals surface area contributed by atoms with E-state index in [0.717, 1.165) is 28.3 Å². The van der Waals surface area contributed by atoms with Crippen molar-refractivity contribution >= 4 is 40.5 Å². The van der Waals surface area contributed by atoms with E-state index in [1.165, 1.54) is 10.6 Å². The Morgan fingerprint density at radius 1 is 0.886 bits per heavy atom. The SMILES string of the molecule is C=CC(=O)Nc1c(C(=O)O)ccc(Nc2cc(-c3cccc(NC(=O)c4ccc(C(C)(C)C)cc4)c3C)cn(C)c2=O)c1C. The number of anilines is 4. The summed E-state index contributed by atoms with van der Waals surface area (Å²) in [5.41, 5.74) is 5.46. The van der Waals surface area contributed by atoms with Crippen LogP contribution in [0.25, 0.3) is 11.1 Å². The first-order chi connectivity index (χ1) is 20.7. The molecule has 0 bridgehead atoms. The summed E-state index contributed by atoms with van der Waals surface area (Å²) >= 11 is 0. The maximum Gasteiger partial charge on any atom is 0.337 e. The maximum absolute atomic E-state index is 13.2. The average molecular weight is 593 g/mol. The van der Waals surface area contributed by atoms with E-state index in [0.29, 0.717) is 22.5 Å². The number of carbonyl (C=O) groups excluding carboxylic acids is 2. The summed E-state index contributed by atoms with van der Waals surface area (Å²) < 4.78 is 1.44. The Bertz CT molecular complexity index is 1850. The van der Waals surface area contributed by atoms with Crippen molar-refractivity contribution in [1.82, 2.24) is 4.57 Å². The van der Waals surface area contributed by atoms with Crippen LogP contribution in [0.3, 0.4) is 0 Å². The number of benzene rings is 3. The molecule has 9 nitrogen and oxygen atoms in total. The van der Waals surface area contributed by atoms with Crippen molar-refractivity contribution in [3.8, 4) is 11.1 Å². The van der Waals surface area contributed by atoms with Crippen molar-refractivity contribution < 1.29 is 19.5 Å². The molecule has 0 aliphatic carbocycles. The third-order valence-electron chi connectivity index (χ3n) is 7.49. The van der Waals surface area contributed by atoms with Gasteiger partial charge in [0.05, 0.1) is 11.3 Å². The number of pyridine rings is 1. The van der Waals surface area contributed by atoms with Crippen LogP contribution in [0.1, 0.15) is 58.2 Å². The fraction of sp³-hybridized carbons (Fsp3) is 0.200. The van der Waals surface area contributed by atoms with Gasteiger partial charge in [0.15, 0.2) is 0 Å². The highest BCUT2D eigenvalue weighted by atomic mass is 16.4. The molecule has 0 saturated carbocycles. The molecular weight excluding hydrogens is 556 g/mol. The molecular formula is C35H36N4O5. The van der Waals surface area contributed by atoms with Gasteiger partial charge in [0.2, 0.25) is 5.91 Å². The first kappa shape index (κ1) is 31.5. The number of carbonyl (C=O) groups is 3. The number of aryl methyl sites for hydroxylation is 1. The zero-order valence-electron chi connectivity index (χ0n) is 25.7. The van der Waals surface area contributed by atoms with Crippen LogP contribution in [-0.2, 0) is 17.3 Å². The number of hydrogen-bond donors (Lipinski definition) is 4. The monoisotopic (exact) mass is 592 g/mol. The van der Waals surface area contributed by atoms with E-state index in [9.17, 15) is 24.3 Å². The molecule has 1 heterocycles. The number of carboxylic acid groups (broad SMARTS) is 1. The Labute approximate surface area is 256 Å². The van der Waals surface area contributed by atoms with Crippen LogP contribution in [0.5, 0.6) is 0 Å². The number of hydrogen-bond acceptors (Lipinski definition) is 5. The summed E-state index contributed by atoms with van der Waals surface area (Å²) in [7, 11) is 1.63. The lowest BCUT2D eigenvalue weighted by atomic mass is 9.86. The topological polar surface area (TPSA) is 130 Å². The van der Waals surface area contributed by atoms with Gasteiger partial charge in [-0.25, -0.2) is 4.79 Å². The van der Waals surface area contributed by atoms with Gasteiger partial charge < -0.3 is 25.6 Å². The van der Waals surface area contributed by atoms with Gasteiger partial charge in [-0.3, -0.25) is 14.4 Å². The molecule has 44 heavy (non-hydrogen) atoms. The predicted octanol–water partition coefficient (Wildman–Crippen LogP) is 6.79. The standard InChI is InChI=1S/C35H36N4O5/c1-8-30(40)38-31-21(3)28(17-16-26(31)34(43)44)36-29-18-23(19-39(7)33(29)42)25-10-9-11-27(20(25)2)37-32(41)22-12-14-24(15-13-22)35(4,5)6/h8-19,36H,1H2,2-7H3,(H,37,41)(H,38,40)(H,43,44). The Hall–Kier alpha value is -5.44. The minimum absolute atomic E-state index is 0.0201. The molecule has 4 aromatic rings. The van der Waals surface area contributed by atoms with E-state index in [-0.39, 0.29) is 33.8 Å². The lowest BCUT2D eigenvalue weighted by Gasteiger charge is -2.19. The summed E-state index contributed by atoms with van der Waals surface area (Å²) in [5.74, 6) is -2.00. The van der Waals surface area contributed by atoms with Gasteiger partial charge in [0, 0.05) is 35.7 Å². The van der Waals surface area contributed by atoms with E-state index < -0.39 is 11.9 Å². The molecule has 2 amide bonds. The Kier molecular flexibility index (Phi) is 8.90. The fourth-order valence-corrected chi connectivity index (χ4v) is 4.85. The minimum atomic E-state index is -1.21. The summed E-state index contributed by atoms with van der Waals surface area (Å²) in [6.07, 6.45) is 2.76. The second kappa shape index (κ2) is 12.4. The van der Waals surface area contributed by atoms with Crippen molar-refractivity contribution in [3.63, 3.8) is 0 Å². The normalized spacial score (nSPS) is 11.0. The van der Waals surface area contributed by atoms with Crippen LogP contribution >= 0.6 is 0 Å². The molecule has 0 saturated heterocycles. The van der Waals surface area contributed by atoms with Gasteiger partial charge in [0.25, 0.3) is 11.5 Å². The maximum atomic E-state index is 13.2. The molecule has 0 aliphatic heterocycles. The van der Waals surface area contributed by atoms with Crippen molar-refractivity contribution in [1.29, 1.82) is 0 Å². The first-order valence-corrected chi connectivity index (χ1v) is 14.0. The van der Waals surface area contributed by atoms with Gasteiger partial charge in [-0.15, -0.1) is 0 Å². The van der Waals surface area contributed by atoms with Gasteiger partial charge in [-0.05, 0) is 84.0 Å². The molecule has 4 rings (SSSR count). The molecule has 4 N–H and O–H groups in total. The number of aromatic carboxylic acids is 1. The van der Waals surface area contributed by atoms with Crippen LogP contribution in [0.15, 0.2) is 84.3 Å². The van der Waals surface area contributed by atoms with Crippen molar-refractivity contribution in [2.75, 3.05) is 16.0 Å². The molecule has 0 radical (unpaired) electrons. The Balaban J connectivity index is 1.68. The van der Waals surface area contributed by atoms with E-state index in [1.54, 1.807) is 32.3 Å². The summed E-state index contributed by atoms with van der Waals surface area (Å²) in [6.45, 7) is 13.3. The Morgan fingerprint density at radius 3 is 2.18 bits per heavy atom. The molecule has 0 spiro atoms. The fourth-order valence-electron chi connectivity index (χ4n) is 4.85. The summed E-state index contributed by atoms with van der Waals surface area (Å²) in [4.78, 5) is 50.1. The van der Waals surface area contributed by atoms with Gasteiger partial charge in [-0.1, -0.05) is 51.6 Å². The van der Waals surface area contributed by atoms with Gasteiger partial charge >= 0.3 is 5.97 Å². The highest BCUT2D eigenvalue weighted by Gasteiger charge is 2.19. The number of aromatic nitrogens is 1. The number of amides is 2. The number of rotatable bonds is 8. The number of carboxylic acids is 1. The number of nitrogens with one attached hydrogen (secondary N) is 3. The molecule has 0 fully saturated rings. The molecule has 0 aliphatic rings. The smallest absolute Gasteiger partial charge is 0.337 e. The third-order valence-corrected chi connectivity index (χ3v) is 7.49. The molecule has 9 heteroatoms. The highest BCUT2D eigenvalue weighted by Crippen LogP contribution is 2.33. The molecule has 0 unspecified atom stereocenters. The molecule has 0 atom stereocenters. The second-order valence-corrected chi connectivity index (χ2v) is 11.6. The largest absolute Gasteiger partial charge is 0.478 e. The quantitative estimate of drug-likeness (QED) is 0.167. The summed E-state index contributed by atoms with van der Waals surface area (Å²) in [5, 5.41) is 18.3. The van der Waals surface area contributed by atoms with E-state index in [2.05, 4.69) is 43.3 Å². The average Bonchev–Trinajstić information content (AvgIpc) is 2.97. The van der Waals surface area contributed by atoms with E-state index in [1.807, 2.05) is 49.4 Å². The molecule has 226 valence electrons. The van der Waals surface area contributed by atoms with Crippen molar-refractivity contribution in [2.45, 2.75) is 40.0 Å². The first-order valence-electron chi connectivity index (χ1n) is 14.0. The second-order valence-electron chi connectivity index (χ2n) is 11.6. The van der Waals surface area contributed by atoms with Gasteiger partial charge in [0.1, 0.15) is 5.69 Å². The third kappa shape index (κ3) is 6.62. The van der Waals surface area contributed by atoms with Crippen LogP contribution < -0.4 is 21.5 Å². The van der Waals surface area contributed by atoms with Crippen molar-refractivity contribution in [2.24, 2.45) is 7.05 Å². The van der Waals surface area contributed by atoms with Crippen LogP contribution in [0, 0.1) is 13.8 Å². The van der Waals surface area contributed by atoms with Crippen LogP contribution in [0.4, 0.5) is 22.7 Å². The zero-order chi connectivity index (χ0) is 32.3. The lowest BCUT2D eigenvalue weighted by Crippen LogP contribution is -2.20. The Morgan fingerprint density at radius 2 is 1.57 bits per heavy atom. The van der Waals surface area contributed by atoms with Gasteiger partial charge in [-0.2, -0.15) is 0 Å². The summed E-state index contributed by atoms with van der Waals surface area (Å²) in [6, 6.07) is 17.7. The van der Waals surface area contributed by atoms with Crippen LogP contribution in [0.2, 0.25) is 0 Å². The molecule has 3 aromatic carbocycles.